The molecule has 1 aromatic rings. The molecule has 0 saturated carbocycles. The summed E-state index contributed by atoms with van der Waals surface area (Å²) >= 11 is 0.930. The number of nitro groups is 1. The molecule has 15 heavy (non-hydrogen) atoms. The maximum atomic E-state index is 11.5. The predicted octanol–water partition coefficient (Wildman–Crippen LogP) is 0.733. The summed E-state index contributed by atoms with van der Waals surface area (Å²) in [5.74, 6) is -0.336. The van der Waals surface area contributed by atoms with Gasteiger partial charge in [-0.15, -0.1) is 0 Å². The first-order valence-corrected chi connectivity index (χ1v) is 5.16. The third-order valence-electron chi connectivity index (χ3n) is 1.76. The van der Waals surface area contributed by atoms with Gasteiger partial charge in [-0.05, 0) is 6.92 Å². The van der Waals surface area contributed by atoms with Gasteiger partial charge >= 0.3 is 5.00 Å². The van der Waals surface area contributed by atoms with Crippen LogP contribution in [0.25, 0.3) is 0 Å². The smallest absolute Gasteiger partial charge is 0.324 e. The summed E-state index contributed by atoms with van der Waals surface area (Å²) in [6, 6.07) is 1.11. The Morgan fingerprint density at radius 3 is 2.93 bits per heavy atom. The zero-order valence-electron chi connectivity index (χ0n) is 8.10. The molecule has 0 aromatic carbocycles. The van der Waals surface area contributed by atoms with E-state index < -0.39 is 4.92 Å². The van der Waals surface area contributed by atoms with E-state index in [4.69, 9.17) is 5.73 Å². The van der Waals surface area contributed by atoms with Crippen LogP contribution < -0.4 is 11.1 Å². The Labute approximate surface area is 90.2 Å². The summed E-state index contributed by atoms with van der Waals surface area (Å²) in [4.78, 5) is 21.3. The van der Waals surface area contributed by atoms with Crippen LogP contribution in [0.1, 0.15) is 17.3 Å². The quantitative estimate of drug-likeness (QED) is 0.587. The van der Waals surface area contributed by atoms with Crippen LogP contribution in [0.5, 0.6) is 0 Å². The molecule has 82 valence electrons. The summed E-state index contributed by atoms with van der Waals surface area (Å²) in [5, 5.41) is 14.4. The highest BCUT2D eigenvalue weighted by atomic mass is 32.1. The first-order chi connectivity index (χ1) is 7.04. The number of rotatable bonds is 4. The number of carbonyl (C=O) groups excluding carboxylic acids is 1. The van der Waals surface area contributed by atoms with Gasteiger partial charge in [0, 0.05) is 24.0 Å². The minimum Gasteiger partial charge on any atom is -0.348 e. The number of thiophene rings is 1. The van der Waals surface area contributed by atoms with Gasteiger partial charge < -0.3 is 11.1 Å². The van der Waals surface area contributed by atoms with Crippen molar-refractivity contribution in [2.45, 2.75) is 13.0 Å². The molecule has 0 radical (unpaired) electrons. The Hall–Kier alpha value is -1.47. The lowest BCUT2D eigenvalue weighted by molar-refractivity contribution is -0.380. The molecule has 1 heterocycles. The lowest BCUT2D eigenvalue weighted by atomic mass is 10.2. The van der Waals surface area contributed by atoms with E-state index in [9.17, 15) is 14.9 Å². The summed E-state index contributed by atoms with van der Waals surface area (Å²) in [7, 11) is 0. The fraction of sp³-hybridized carbons (Fsp3) is 0.375. The lowest BCUT2D eigenvalue weighted by Gasteiger charge is -2.09. The largest absolute Gasteiger partial charge is 0.348 e. The number of nitrogens with one attached hydrogen (secondary N) is 1. The average molecular weight is 229 g/mol. The second-order valence-corrected chi connectivity index (χ2v) is 3.93. The van der Waals surface area contributed by atoms with Crippen molar-refractivity contribution < 1.29 is 9.72 Å². The molecule has 1 rings (SSSR count). The van der Waals surface area contributed by atoms with Crippen LogP contribution in [0.15, 0.2) is 11.4 Å². The zero-order valence-corrected chi connectivity index (χ0v) is 8.91. The zero-order chi connectivity index (χ0) is 11.4. The van der Waals surface area contributed by atoms with Crippen LogP contribution in [-0.2, 0) is 0 Å². The number of hydrogen-bond acceptors (Lipinski definition) is 5. The van der Waals surface area contributed by atoms with Crippen LogP contribution in [0.3, 0.4) is 0 Å². The van der Waals surface area contributed by atoms with Gasteiger partial charge in [0.05, 0.1) is 10.5 Å². The van der Waals surface area contributed by atoms with Crippen LogP contribution in [0.2, 0.25) is 0 Å². The van der Waals surface area contributed by atoms with E-state index in [-0.39, 0.29) is 17.0 Å². The van der Waals surface area contributed by atoms with Crippen molar-refractivity contribution in [3.8, 4) is 0 Å². The van der Waals surface area contributed by atoms with Crippen molar-refractivity contribution in [3.05, 3.63) is 27.1 Å². The van der Waals surface area contributed by atoms with E-state index in [2.05, 4.69) is 5.32 Å². The summed E-state index contributed by atoms with van der Waals surface area (Å²) < 4.78 is 0. The molecule has 0 aliphatic heterocycles. The molecule has 1 aromatic heterocycles. The van der Waals surface area contributed by atoms with Crippen molar-refractivity contribution in [1.82, 2.24) is 5.32 Å². The second kappa shape index (κ2) is 4.85. The van der Waals surface area contributed by atoms with Crippen LogP contribution >= 0.6 is 11.3 Å². The maximum absolute atomic E-state index is 11.5. The maximum Gasteiger partial charge on any atom is 0.324 e. The molecular weight excluding hydrogens is 218 g/mol. The normalized spacial score (nSPS) is 12.1. The minimum atomic E-state index is -0.520. The van der Waals surface area contributed by atoms with Gasteiger partial charge in [-0.25, -0.2) is 0 Å². The molecule has 0 aliphatic carbocycles. The Bertz CT molecular complexity index is 377. The first-order valence-electron chi connectivity index (χ1n) is 4.28. The van der Waals surface area contributed by atoms with Crippen molar-refractivity contribution in [3.63, 3.8) is 0 Å². The average Bonchev–Trinajstić information content (AvgIpc) is 2.66. The van der Waals surface area contributed by atoms with Crippen molar-refractivity contribution in [2.24, 2.45) is 5.73 Å². The van der Waals surface area contributed by atoms with Crippen molar-refractivity contribution >= 4 is 22.2 Å². The van der Waals surface area contributed by atoms with Crippen molar-refractivity contribution in [1.29, 1.82) is 0 Å². The predicted molar refractivity (Wildman–Crippen MR) is 57.0 cm³/mol. The van der Waals surface area contributed by atoms with E-state index in [1.165, 1.54) is 11.4 Å². The van der Waals surface area contributed by atoms with Gasteiger partial charge in [0.2, 0.25) is 0 Å². The van der Waals surface area contributed by atoms with Gasteiger partial charge in [0.25, 0.3) is 5.91 Å². The van der Waals surface area contributed by atoms with Gasteiger partial charge in [0.1, 0.15) is 0 Å². The Kier molecular flexibility index (Phi) is 3.75. The molecule has 0 unspecified atom stereocenters. The Balaban J connectivity index is 2.70. The molecular formula is C8H11N3O3S. The van der Waals surface area contributed by atoms with E-state index in [1.54, 1.807) is 6.92 Å². The first kappa shape index (κ1) is 11.6. The van der Waals surface area contributed by atoms with Gasteiger partial charge in [-0.2, -0.15) is 0 Å². The third-order valence-corrected chi connectivity index (χ3v) is 2.64. The number of carbonyl (C=O) groups is 1. The fourth-order valence-corrected chi connectivity index (χ4v) is 1.61. The lowest BCUT2D eigenvalue weighted by Crippen LogP contribution is -2.37. The summed E-state index contributed by atoms with van der Waals surface area (Å²) in [6.07, 6.45) is 0. The molecule has 1 amide bonds. The van der Waals surface area contributed by atoms with Crippen LogP contribution in [0.4, 0.5) is 5.00 Å². The molecule has 0 aliphatic rings. The fourth-order valence-electron chi connectivity index (χ4n) is 0.906. The second-order valence-electron chi connectivity index (χ2n) is 3.04. The van der Waals surface area contributed by atoms with E-state index in [1.807, 2.05) is 0 Å². The number of nitrogens with zero attached hydrogens (tertiary/aromatic N) is 1. The highest BCUT2D eigenvalue weighted by Gasteiger charge is 2.15. The number of hydrogen-bond donors (Lipinski definition) is 2. The molecule has 0 saturated heterocycles. The highest BCUT2D eigenvalue weighted by molar-refractivity contribution is 7.13. The van der Waals surface area contributed by atoms with E-state index in [0.29, 0.717) is 12.1 Å². The summed E-state index contributed by atoms with van der Waals surface area (Å²) in [5.41, 5.74) is 5.63. The molecule has 3 N–H and O–H groups in total. The molecule has 0 fully saturated rings. The van der Waals surface area contributed by atoms with Crippen molar-refractivity contribution in [2.75, 3.05) is 6.54 Å². The standard InChI is InChI=1S/C8H11N3O3S/c1-5(3-9)10-8(12)6-2-7(11(13)14)15-4-6/h2,4-5H,3,9H2,1H3,(H,10,12)/t5-/m0/s1. The Morgan fingerprint density at radius 1 is 1.80 bits per heavy atom. The Morgan fingerprint density at radius 2 is 2.47 bits per heavy atom. The van der Waals surface area contributed by atoms with Gasteiger partial charge in [-0.1, -0.05) is 11.3 Å². The monoisotopic (exact) mass is 229 g/mol. The van der Waals surface area contributed by atoms with Crippen LogP contribution in [0, 0.1) is 10.1 Å². The van der Waals surface area contributed by atoms with Gasteiger partial charge in [-0.3, -0.25) is 14.9 Å². The third kappa shape index (κ3) is 3.00. The summed E-state index contributed by atoms with van der Waals surface area (Å²) in [6.45, 7) is 2.09. The number of nitrogens with two attached hydrogens (primary N) is 1. The SMILES string of the molecule is C[C@@H](CN)NC(=O)c1csc([N+](=O)[O-])c1. The topological polar surface area (TPSA) is 98.3 Å². The molecule has 1 atom stereocenters. The van der Waals surface area contributed by atoms with Crippen LogP contribution in [-0.4, -0.2) is 23.4 Å². The highest BCUT2D eigenvalue weighted by Crippen LogP contribution is 2.22. The number of amides is 1. The molecule has 0 bridgehead atoms. The molecule has 6 nitrogen and oxygen atoms in total. The van der Waals surface area contributed by atoms with E-state index >= 15 is 0 Å². The molecule has 7 heteroatoms. The van der Waals surface area contributed by atoms with E-state index in [0.717, 1.165) is 11.3 Å². The minimum absolute atomic E-state index is 0.0412. The molecule has 0 spiro atoms. The van der Waals surface area contributed by atoms with Gasteiger partial charge in [0.15, 0.2) is 0 Å².